The molecule has 44 heavy (non-hydrogen) atoms. The number of benzene rings is 3. The molecule has 3 fully saturated rings. The highest BCUT2D eigenvalue weighted by atomic mass is 35.5. The van der Waals surface area contributed by atoms with E-state index in [0.29, 0.717) is 59.3 Å². The van der Waals surface area contributed by atoms with E-state index in [4.69, 9.17) is 21.1 Å². The molecule has 2 N–H and O–H groups in total. The number of carboxylic acids is 1. The van der Waals surface area contributed by atoms with Crippen LogP contribution >= 0.6 is 11.6 Å². The third-order valence-electron chi connectivity index (χ3n) is 9.82. The van der Waals surface area contributed by atoms with E-state index in [2.05, 4.69) is 10.1 Å². The van der Waals surface area contributed by atoms with Crippen LogP contribution in [0.1, 0.15) is 36.4 Å². The molecule has 1 heterocycles. The van der Waals surface area contributed by atoms with Gasteiger partial charge in [-0.15, -0.1) is 13.2 Å². The zero-order valence-electron chi connectivity index (χ0n) is 23.5. The lowest BCUT2D eigenvalue weighted by molar-refractivity contribution is -0.274. The highest BCUT2D eigenvalue weighted by Gasteiger charge is 2.99. The third kappa shape index (κ3) is 4.51. The zero-order valence-corrected chi connectivity index (χ0v) is 24.3. The van der Waals surface area contributed by atoms with E-state index in [1.165, 1.54) is 30.2 Å². The van der Waals surface area contributed by atoms with Crippen molar-refractivity contribution in [3.8, 4) is 17.2 Å². The second-order valence-electron chi connectivity index (χ2n) is 12.2. The molecule has 3 aliphatic carbocycles. The Labute approximate surface area is 255 Å². The number of carboxylic acid groups (broad SMARTS) is 1. The predicted molar refractivity (Wildman–Crippen MR) is 154 cm³/mol. The van der Waals surface area contributed by atoms with Crippen molar-refractivity contribution in [1.82, 2.24) is 0 Å². The average molecular weight is 629 g/mol. The number of hydrogen-bond donors (Lipinski definition) is 2. The Morgan fingerprint density at radius 1 is 1.02 bits per heavy atom. The first kappa shape index (κ1) is 28.6. The summed E-state index contributed by atoms with van der Waals surface area (Å²) in [6.45, 7) is 0.671. The Balaban J connectivity index is 1.14. The molecule has 0 aromatic heterocycles. The van der Waals surface area contributed by atoms with Crippen LogP contribution in [0.5, 0.6) is 17.2 Å². The number of rotatable bonds is 10. The van der Waals surface area contributed by atoms with Crippen LogP contribution in [0, 0.1) is 16.2 Å². The van der Waals surface area contributed by atoms with Crippen molar-refractivity contribution in [2.24, 2.45) is 16.2 Å². The highest BCUT2D eigenvalue weighted by Crippen LogP contribution is 3.00. The summed E-state index contributed by atoms with van der Waals surface area (Å²) in [6.07, 6.45) is -2.22. The van der Waals surface area contributed by atoms with Crippen LogP contribution in [0.3, 0.4) is 0 Å². The van der Waals surface area contributed by atoms with Crippen LogP contribution in [0.15, 0.2) is 60.7 Å². The number of alkyl halides is 3. The fourth-order valence-electron chi connectivity index (χ4n) is 7.59. The highest BCUT2D eigenvalue weighted by molar-refractivity contribution is 6.30. The summed E-state index contributed by atoms with van der Waals surface area (Å²) in [5.41, 5.74) is 1.38. The van der Waals surface area contributed by atoms with Crippen LogP contribution in [0.25, 0.3) is 0 Å². The molecule has 0 saturated heterocycles. The molecule has 3 saturated carbocycles. The number of aliphatic carboxylic acids is 1. The largest absolute Gasteiger partial charge is 0.573 e. The Bertz CT molecular complexity index is 1680. The minimum absolute atomic E-state index is 0.109. The fourth-order valence-corrected chi connectivity index (χ4v) is 7.72. The van der Waals surface area contributed by atoms with Gasteiger partial charge in [0.05, 0.1) is 24.8 Å². The van der Waals surface area contributed by atoms with Crippen LogP contribution in [-0.2, 0) is 16.0 Å². The Kier molecular flexibility index (Phi) is 6.31. The second-order valence-corrected chi connectivity index (χ2v) is 12.6. The predicted octanol–water partition coefficient (Wildman–Crippen LogP) is 6.62. The molecule has 0 bridgehead atoms. The van der Waals surface area contributed by atoms with Gasteiger partial charge in [-0.2, -0.15) is 0 Å². The van der Waals surface area contributed by atoms with Gasteiger partial charge in [-0.25, -0.2) is 0 Å². The van der Waals surface area contributed by atoms with E-state index in [0.717, 1.165) is 12.0 Å². The molecule has 4 atom stereocenters. The number of halogens is 4. The lowest BCUT2D eigenvalue weighted by atomic mass is 9.75. The number of ether oxygens (including phenoxy) is 3. The SMILES string of the molecule is COc1cc(NC(C(=O)N2CCc3ccc(OC(F)(F)F)cc32)c2ccc(Cl)cc2)cc(OCC23CC4(C(=O)O)CC24C3)c1. The van der Waals surface area contributed by atoms with Gasteiger partial charge in [0, 0.05) is 46.9 Å². The van der Waals surface area contributed by atoms with Gasteiger partial charge in [0.25, 0.3) is 5.91 Å². The normalized spacial score (nSPS) is 26.3. The molecule has 230 valence electrons. The van der Waals surface area contributed by atoms with Gasteiger partial charge in [-0.1, -0.05) is 29.8 Å². The number of carbonyl (C=O) groups is 2. The summed E-state index contributed by atoms with van der Waals surface area (Å²) in [5, 5.41) is 13.4. The van der Waals surface area contributed by atoms with Gasteiger partial charge in [0.2, 0.25) is 0 Å². The molecule has 7 rings (SSSR count). The minimum atomic E-state index is -4.86. The van der Waals surface area contributed by atoms with E-state index >= 15 is 0 Å². The van der Waals surface area contributed by atoms with E-state index in [9.17, 15) is 27.9 Å². The van der Waals surface area contributed by atoms with E-state index in [1.54, 1.807) is 42.5 Å². The number of hydrogen-bond acceptors (Lipinski definition) is 6. The lowest BCUT2D eigenvalue weighted by Crippen LogP contribution is -2.37. The molecule has 0 radical (unpaired) electrons. The van der Waals surface area contributed by atoms with Crippen molar-refractivity contribution in [2.45, 2.75) is 38.1 Å². The quantitative estimate of drug-likeness (QED) is 0.260. The van der Waals surface area contributed by atoms with Crippen molar-refractivity contribution in [2.75, 3.05) is 30.5 Å². The molecule has 1 aliphatic heterocycles. The Morgan fingerprint density at radius 2 is 1.77 bits per heavy atom. The monoisotopic (exact) mass is 628 g/mol. The lowest BCUT2D eigenvalue weighted by Gasteiger charge is -2.31. The summed E-state index contributed by atoms with van der Waals surface area (Å²) in [6, 6.07) is 15.0. The van der Waals surface area contributed by atoms with Crippen LogP contribution < -0.4 is 24.4 Å². The fraction of sp³-hybridized carbons (Fsp3) is 0.375. The van der Waals surface area contributed by atoms with Crippen LogP contribution in [0.4, 0.5) is 24.5 Å². The molecule has 4 aliphatic rings. The molecule has 1 amide bonds. The third-order valence-corrected chi connectivity index (χ3v) is 10.1. The smallest absolute Gasteiger partial charge is 0.497 e. The maximum atomic E-state index is 14.1. The molecular weight excluding hydrogens is 601 g/mol. The molecule has 12 heteroatoms. The number of methoxy groups -OCH3 is 1. The molecular formula is C32H28ClF3N2O6. The number of amides is 1. The standard InChI is InChI=1S/C32H28ClF3N2O6/c1-42-23-10-21(11-24(12-23)43-17-29-14-30(28(40)41)16-31(29,30)15-29)37-26(19-2-5-20(33)6-3-19)27(39)38-9-8-18-4-7-22(13-25(18)38)44-32(34,35)36/h2-7,10-13,26,37H,8-9,14-17H2,1H3,(H,40,41). The van der Waals surface area contributed by atoms with Gasteiger partial charge in [-0.3, -0.25) is 9.59 Å². The number of carbonyl (C=O) groups excluding carboxylic acids is 1. The molecule has 3 aromatic carbocycles. The van der Waals surface area contributed by atoms with Crippen molar-refractivity contribution < 1.29 is 42.1 Å². The van der Waals surface area contributed by atoms with Crippen molar-refractivity contribution in [1.29, 1.82) is 0 Å². The molecule has 3 aromatic rings. The topological polar surface area (TPSA) is 97.3 Å². The Morgan fingerprint density at radius 3 is 2.43 bits per heavy atom. The summed E-state index contributed by atoms with van der Waals surface area (Å²) in [4.78, 5) is 27.3. The maximum Gasteiger partial charge on any atom is 0.573 e. The van der Waals surface area contributed by atoms with Crippen LogP contribution in [0.2, 0.25) is 5.02 Å². The first-order valence-corrected chi connectivity index (χ1v) is 14.5. The van der Waals surface area contributed by atoms with Crippen LogP contribution in [-0.4, -0.2) is 43.6 Å². The number of nitrogens with one attached hydrogen (secondary N) is 1. The van der Waals surface area contributed by atoms with Gasteiger partial charge < -0.3 is 29.5 Å². The van der Waals surface area contributed by atoms with Crippen molar-refractivity contribution in [3.63, 3.8) is 0 Å². The maximum absolute atomic E-state index is 14.1. The summed E-state index contributed by atoms with van der Waals surface area (Å²) in [5.74, 6) is -0.527. The summed E-state index contributed by atoms with van der Waals surface area (Å²) in [7, 11) is 1.51. The Hall–Kier alpha value is -4.12. The van der Waals surface area contributed by atoms with E-state index in [1.807, 2.05) is 0 Å². The average Bonchev–Trinajstić information content (AvgIpc) is 3.60. The van der Waals surface area contributed by atoms with Gasteiger partial charge in [-0.05, 0) is 60.4 Å². The molecule has 4 unspecified atom stereocenters. The minimum Gasteiger partial charge on any atom is -0.497 e. The van der Waals surface area contributed by atoms with Gasteiger partial charge in [0.1, 0.15) is 23.3 Å². The van der Waals surface area contributed by atoms with Crippen molar-refractivity contribution in [3.05, 3.63) is 76.8 Å². The number of fused-ring (bicyclic) bond motifs is 1. The van der Waals surface area contributed by atoms with Gasteiger partial charge >= 0.3 is 12.3 Å². The first-order valence-electron chi connectivity index (χ1n) is 14.2. The van der Waals surface area contributed by atoms with E-state index < -0.39 is 29.5 Å². The second kappa shape index (κ2) is 9.69. The number of nitrogens with zero attached hydrogens (tertiary/aromatic N) is 1. The molecule has 1 spiro atoms. The van der Waals surface area contributed by atoms with E-state index in [-0.39, 0.29) is 23.3 Å². The number of anilines is 2. The van der Waals surface area contributed by atoms with Gasteiger partial charge in [0.15, 0.2) is 0 Å². The zero-order chi connectivity index (χ0) is 31.1. The summed E-state index contributed by atoms with van der Waals surface area (Å²) >= 11 is 6.12. The first-order chi connectivity index (χ1) is 20.9. The molecule has 8 nitrogen and oxygen atoms in total. The van der Waals surface area contributed by atoms with Crippen molar-refractivity contribution >= 4 is 34.9 Å². The summed E-state index contributed by atoms with van der Waals surface area (Å²) < 4.78 is 54.5.